The molecule has 2 atom stereocenters. The van der Waals surface area contributed by atoms with Crippen LogP contribution in [0.1, 0.15) is 55.7 Å². The summed E-state index contributed by atoms with van der Waals surface area (Å²) in [5, 5.41) is 0. The topological polar surface area (TPSA) is 3.24 Å². The van der Waals surface area contributed by atoms with E-state index >= 15 is 0 Å². The van der Waals surface area contributed by atoms with Gasteiger partial charge in [-0.1, -0.05) is 68.4 Å². The fraction of sp³-hybridized carbons (Fsp3) is 0.455. The van der Waals surface area contributed by atoms with E-state index in [-0.39, 0.29) is 0 Å². The molecule has 0 fully saturated rings. The normalized spacial score (nSPS) is 20.5. The van der Waals surface area contributed by atoms with Crippen LogP contribution in [0.4, 0.5) is 0 Å². The van der Waals surface area contributed by atoms with Crippen molar-refractivity contribution in [3.8, 4) is 0 Å². The molecule has 0 aromatic heterocycles. The van der Waals surface area contributed by atoms with E-state index in [1.807, 2.05) is 0 Å². The van der Waals surface area contributed by atoms with E-state index in [1.165, 1.54) is 44.3 Å². The maximum absolute atomic E-state index is 2.73. The summed E-state index contributed by atoms with van der Waals surface area (Å²) in [5.41, 5.74) is 4.57. The van der Waals surface area contributed by atoms with Gasteiger partial charge in [0.2, 0.25) is 0 Å². The zero-order valence-corrected chi connectivity index (χ0v) is 14.5. The lowest BCUT2D eigenvalue weighted by atomic mass is 9.76. The fourth-order valence-electron chi connectivity index (χ4n) is 4.13. The standard InChI is InChI=1S/C22H29N/c1-3-14-23(15-4-2)20-16-19-12-8-9-13-21(19)22(17-20)18-10-6-5-7-11-18/h5-13,20,22H,3-4,14-17H2,1-2H3. The van der Waals surface area contributed by atoms with E-state index in [1.54, 1.807) is 11.1 Å². The molecule has 0 heterocycles. The summed E-state index contributed by atoms with van der Waals surface area (Å²) in [6.07, 6.45) is 4.95. The minimum Gasteiger partial charge on any atom is -0.300 e. The Kier molecular flexibility index (Phi) is 5.51. The third kappa shape index (κ3) is 3.67. The zero-order chi connectivity index (χ0) is 16.1. The molecule has 0 saturated carbocycles. The molecule has 0 radical (unpaired) electrons. The van der Waals surface area contributed by atoms with E-state index in [9.17, 15) is 0 Å². The number of benzene rings is 2. The van der Waals surface area contributed by atoms with Crippen molar-refractivity contribution in [1.82, 2.24) is 4.90 Å². The molecule has 1 aliphatic carbocycles. The third-order valence-electron chi connectivity index (χ3n) is 5.13. The second kappa shape index (κ2) is 7.79. The molecule has 1 heteroatoms. The van der Waals surface area contributed by atoms with E-state index in [4.69, 9.17) is 0 Å². The van der Waals surface area contributed by atoms with E-state index < -0.39 is 0 Å². The van der Waals surface area contributed by atoms with Gasteiger partial charge in [-0.2, -0.15) is 0 Å². The Labute approximate surface area is 141 Å². The van der Waals surface area contributed by atoms with Crippen LogP contribution >= 0.6 is 0 Å². The van der Waals surface area contributed by atoms with Gasteiger partial charge in [-0.3, -0.25) is 0 Å². The Morgan fingerprint density at radius 3 is 2.22 bits per heavy atom. The molecular formula is C22H29N. The van der Waals surface area contributed by atoms with Gasteiger partial charge in [0.25, 0.3) is 0 Å². The summed E-state index contributed by atoms with van der Waals surface area (Å²) in [6.45, 7) is 7.05. The van der Waals surface area contributed by atoms with Crippen molar-refractivity contribution in [2.45, 2.75) is 51.5 Å². The van der Waals surface area contributed by atoms with Crippen LogP contribution in [-0.4, -0.2) is 24.0 Å². The van der Waals surface area contributed by atoms with Gasteiger partial charge in [0, 0.05) is 12.0 Å². The largest absolute Gasteiger partial charge is 0.300 e. The first-order chi connectivity index (χ1) is 11.3. The number of hydrogen-bond acceptors (Lipinski definition) is 1. The summed E-state index contributed by atoms with van der Waals surface area (Å²) >= 11 is 0. The molecule has 0 bridgehead atoms. The summed E-state index contributed by atoms with van der Waals surface area (Å²) < 4.78 is 0. The highest BCUT2D eigenvalue weighted by molar-refractivity contribution is 5.41. The van der Waals surface area contributed by atoms with Crippen LogP contribution in [0.2, 0.25) is 0 Å². The minimum atomic E-state index is 0.544. The molecular weight excluding hydrogens is 278 g/mol. The van der Waals surface area contributed by atoms with Crippen molar-refractivity contribution < 1.29 is 0 Å². The predicted octanol–water partition coefficient (Wildman–Crippen LogP) is 5.26. The average Bonchev–Trinajstić information content (AvgIpc) is 2.61. The number of fused-ring (bicyclic) bond motifs is 1. The van der Waals surface area contributed by atoms with Gasteiger partial charge in [-0.05, 0) is 55.5 Å². The molecule has 1 aliphatic rings. The Hall–Kier alpha value is -1.60. The van der Waals surface area contributed by atoms with E-state index in [0.717, 1.165) is 0 Å². The summed E-state index contributed by atoms with van der Waals surface area (Å²) in [4.78, 5) is 2.73. The number of rotatable bonds is 6. The SMILES string of the molecule is CCCN(CCC)C1Cc2ccccc2C(c2ccccc2)C1. The van der Waals surface area contributed by atoms with Crippen molar-refractivity contribution in [3.63, 3.8) is 0 Å². The predicted molar refractivity (Wildman–Crippen MR) is 99.0 cm³/mol. The Bertz CT molecular complexity index is 598. The molecule has 23 heavy (non-hydrogen) atoms. The molecule has 122 valence electrons. The van der Waals surface area contributed by atoms with Gasteiger partial charge in [0.05, 0.1) is 0 Å². The highest BCUT2D eigenvalue weighted by atomic mass is 15.1. The first kappa shape index (κ1) is 16.3. The van der Waals surface area contributed by atoms with Crippen LogP contribution in [-0.2, 0) is 6.42 Å². The van der Waals surface area contributed by atoms with Crippen LogP contribution in [0.5, 0.6) is 0 Å². The number of nitrogens with zero attached hydrogens (tertiary/aromatic N) is 1. The molecule has 0 amide bonds. The summed E-state index contributed by atoms with van der Waals surface area (Å²) in [6, 6.07) is 20.8. The molecule has 3 rings (SSSR count). The van der Waals surface area contributed by atoms with Crippen LogP contribution in [0.15, 0.2) is 54.6 Å². The van der Waals surface area contributed by atoms with Gasteiger partial charge in [0.15, 0.2) is 0 Å². The lowest BCUT2D eigenvalue weighted by Crippen LogP contribution is -2.41. The van der Waals surface area contributed by atoms with Gasteiger partial charge in [-0.15, -0.1) is 0 Å². The maximum atomic E-state index is 2.73. The molecule has 0 aliphatic heterocycles. The quantitative estimate of drug-likeness (QED) is 0.704. The second-order valence-corrected chi connectivity index (χ2v) is 6.79. The van der Waals surface area contributed by atoms with Crippen molar-refractivity contribution in [2.24, 2.45) is 0 Å². The molecule has 0 N–H and O–H groups in total. The van der Waals surface area contributed by atoms with E-state index in [2.05, 4.69) is 73.3 Å². The molecule has 0 spiro atoms. The van der Waals surface area contributed by atoms with Gasteiger partial charge in [-0.25, -0.2) is 0 Å². The van der Waals surface area contributed by atoms with Crippen molar-refractivity contribution in [1.29, 1.82) is 0 Å². The highest BCUT2D eigenvalue weighted by Gasteiger charge is 2.30. The Balaban J connectivity index is 1.93. The van der Waals surface area contributed by atoms with Gasteiger partial charge >= 0.3 is 0 Å². The van der Waals surface area contributed by atoms with Gasteiger partial charge in [0.1, 0.15) is 0 Å². The Morgan fingerprint density at radius 1 is 0.870 bits per heavy atom. The third-order valence-corrected chi connectivity index (χ3v) is 5.13. The van der Waals surface area contributed by atoms with Crippen molar-refractivity contribution >= 4 is 0 Å². The maximum Gasteiger partial charge on any atom is 0.0145 e. The first-order valence-corrected chi connectivity index (χ1v) is 9.20. The molecule has 0 saturated heterocycles. The number of hydrogen-bond donors (Lipinski definition) is 0. The van der Waals surface area contributed by atoms with Crippen LogP contribution in [0, 0.1) is 0 Å². The zero-order valence-electron chi connectivity index (χ0n) is 14.5. The molecule has 2 unspecified atom stereocenters. The van der Waals surface area contributed by atoms with Crippen molar-refractivity contribution in [2.75, 3.05) is 13.1 Å². The van der Waals surface area contributed by atoms with Crippen LogP contribution in [0.25, 0.3) is 0 Å². The Morgan fingerprint density at radius 2 is 1.52 bits per heavy atom. The smallest absolute Gasteiger partial charge is 0.0145 e. The molecule has 1 nitrogen and oxygen atoms in total. The lowest BCUT2D eigenvalue weighted by Gasteiger charge is -2.39. The average molecular weight is 307 g/mol. The lowest BCUT2D eigenvalue weighted by molar-refractivity contribution is 0.174. The molecule has 2 aromatic rings. The monoisotopic (exact) mass is 307 g/mol. The second-order valence-electron chi connectivity index (χ2n) is 6.79. The highest BCUT2D eigenvalue weighted by Crippen LogP contribution is 2.38. The van der Waals surface area contributed by atoms with Crippen LogP contribution < -0.4 is 0 Å². The fourth-order valence-corrected chi connectivity index (χ4v) is 4.13. The summed E-state index contributed by atoms with van der Waals surface area (Å²) in [5.74, 6) is 0.544. The van der Waals surface area contributed by atoms with Crippen molar-refractivity contribution in [3.05, 3.63) is 71.3 Å². The minimum absolute atomic E-state index is 0.544. The molecule has 2 aromatic carbocycles. The van der Waals surface area contributed by atoms with E-state index in [0.29, 0.717) is 12.0 Å². The van der Waals surface area contributed by atoms with Gasteiger partial charge < -0.3 is 4.90 Å². The summed E-state index contributed by atoms with van der Waals surface area (Å²) in [7, 11) is 0. The first-order valence-electron chi connectivity index (χ1n) is 9.20. The van der Waals surface area contributed by atoms with Crippen LogP contribution in [0.3, 0.4) is 0 Å².